The molecule has 1 heterocycles. The van der Waals surface area contributed by atoms with E-state index in [1.807, 2.05) is 12.1 Å². The standard InChI is InChI=1S/C19H16FN3O3/c20-14-8-2-1-7-13(14)16(24)11-22-18(25)19(26)23-15-9-3-5-12-6-4-10-21-17(12)15/h1-10,16,24H,11H2,(H,22,25)(H,23,26)/t16-/m0/s1. The van der Waals surface area contributed by atoms with E-state index in [0.29, 0.717) is 11.2 Å². The number of carbonyl (C=O) groups is 2. The minimum Gasteiger partial charge on any atom is -0.386 e. The van der Waals surface area contributed by atoms with Gasteiger partial charge in [0.05, 0.1) is 17.3 Å². The number of benzene rings is 2. The molecule has 0 unspecified atom stereocenters. The predicted molar refractivity (Wildman–Crippen MR) is 94.7 cm³/mol. The molecule has 0 saturated carbocycles. The van der Waals surface area contributed by atoms with Gasteiger partial charge in [-0.25, -0.2) is 4.39 Å². The molecule has 1 atom stereocenters. The summed E-state index contributed by atoms with van der Waals surface area (Å²) in [6, 6.07) is 14.5. The number of aromatic nitrogens is 1. The van der Waals surface area contributed by atoms with Crippen LogP contribution in [0.25, 0.3) is 10.9 Å². The lowest BCUT2D eigenvalue weighted by molar-refractivity contribution is -0.136. The zero-order valence-electron chi connectivity index (χ0n) is 13.6. The first-order valence-electron chi connectivity index (χ1n) is 7.91. The fourth-order valence-corrected chi connectivity index (χ4v) is 2.51. The molecule has 132 valence electrons. The molecule has 0 aliphatic heterocycles. The van der Waals surface area contributed by atoms with Crippen molar-refractivity contribution >= 4 is 28.4 Å². The van der Waals surface area contributed by atoms with E-state index in [1.54, 1.807) is 30.5 Å². The molecule has 3 rings (SSSR count). The number of anilines is 1. The highest BCUT2D eigenvalue weighted by Gasteiger charge is 2.18. The van der Waals surface area contributed by atoms with Gasteiger partial charge in [-0.1, -0.05) is 36.4 Å². The Labute approximate surface area is 148 Å². The van der Waals surface area contributed by atoms with Gasteiger partial charge < -0.3 is 15.7 Å². The van der Waals surface area contributed by atoms with Gasteiger partial charge in [0, 0.05) is 23.7 Å². The molecule has 0 saturated heterocycles. The highest BCUT2D eigenvalue weighted by molar-refractivity contribution is 6.40. The maximum Gasteiger partial charge on any atom is 0.313 e. The summed E-state index contributed by atoms with van der Waals surface area (Å²) in [4.78, 5) is 28.2. The van der Waals surface area contributed by atoms with Gasteiger partial charge in [0.25, 0.3) is 0 Å². The van der Waals surface area contributed by atoms with Crippen LogP contribution in [0.15, 0.2) is 60.8 Å². The molecule has 26 heavy (non-hydrogen) atoms. The molecule has 0 aliphatic carbocycles. The molecule has 2 aromatic carbocycles. The first kappa shape index (κ1) is 17.5. The third-order valence-electron chi connectivity index (χ3n) is 3.81. The summed E-state index contributed by atoms with van der Waals surface area (Å²) in [5.74, 6) is -2.42. The fraction of sp³-hybridized carbons (Fsp3) is 0.105. The molecule has 0 spiro atoms. The Kier molecular flexibility index (Phi) is 5.19. The minimum absolute atomic E-state index is 0.0476. The van der Waals surface area contributed by atoms with Crippen molar-refractivity contribution in [3.63, 3.8) is 0 Å². The summed E-state index contributed by atoms with van der Waals surface area (Å²) < 4.78 is 13.6. The monoisotopic (exact) mass is 353 g/mol. The number of halogens is 1. The number of nitrogens with zero attached hydrogens (tertiary/aromatic N) is 1. The Morgan fingerprint density at radius 3 is 2.62 bits per heavy atom. The van der Waals surface area contributed by atoms with Gasteiger partial charge >= 0.3 is 11.8 Å². The molecule has 1 aromatic heterocycles. The molecule has 0 radical (unpaired) electrons. The molecular weight excluding hydrogens is 337 g/mol. The third-order valence-corrected chi connectivity index (χ3v) is 3.81. The van der Waals surface area contributed by atoms with Crippen LogP contribution in [0.4, 0.5) is 10.1 Å². The molecule has 7 heteroatoms. The quantitative estimate of drug-likeness (QED) is 0.627. The number of hydrogen-bond donors (Lipinski definition) is 3. The van der Waals surface area contributed by atoms with Gasteiger partial charge in [0.15, 0.2) is 0 Å². The highest BCUT2D eigenvalue weighted by atomic mass is 19.1. The fourth-order valence-electron chi connectivity index (χ4n) is 2.51. The molecule has 0 aliphatic rings. The van der Waals surface area contributed by atoms with Gasteiger partial charge in [0.2, 0.25) is 0 Å². The van der Waals surface area contributed by atoms with Crippen molar-refractivity contribution in [1.82, 2.24) is 10.3 Å². The number of nitrogens with one attached hydrogen (secondary N) is 2. The lowest BCUT2D eigenvalue weighted by atomic mass is 10.1. The van der Waals surface area contributed by atoms with Crippen molar-refractivity contribution in [1.29, 1.82) is 0 Å². The number of hydrogen-bond acceptors (Lipinski definition) is 4. The van der Waals surface area contributed by atoms with E-state index in [1.165, 1.54) is 18.2 Å². The predicted octanol–water partition coefficient (Wildman–Crippen LogP) is 2.16. The lowest BCUT2D eigenvalue weighted by Gasteiger charge is -2.13. The van der Waals surface area contributed by atoms with E-state index in [4.69, 9.17) is 0 Å². The molecule has 2 amide bonds. The Morgan fingerprint density at radius 2 is 1.81 bits per heavy atom. The molecule has 0 fully saturated rings. The summed E-state index contributed by atoms with van der Waals surface area (Å²) in [6.45, 7) is -0.291. The van der Waals surface area contributed by atoms with Gasteiger partial charge in [-0.3, -0.25) is 14.6 Å². The van der Waals surface area contributed by atoms with Crippen LogP contribution in [0.5, 0.6) is 0 Å². The zero-order valence-corrected chi connectivity index (χ0v) is 13.6. The van der Waals surface area contributed by atoms with Gasteiger partial charge in [-0.2, -0.15) is 0 Å². The largest absolute Gasteiger partial charge is 0.386 e. The maximum absolute atomic E-state index is 13.6. The van der Waals surface area contributed by atoms with Crippen molar-refractivity contribution in [2.45, 2.75) is 6.10 Å². The van der Waals surface area contributed by atoms with Crippen LogP contribution in [-0.4, -0.2) is 28.4 Å². The summed E-state index contributed by atoms with van der Waals surface area (Å²) in [5, 5.41) is 15.6. The Balaban J connectivity index is 1.63. The van der Waals surface area contributed by atoms with Crippen LogP contribution < -0.4 is 10.6 Å². The summed E-state index contributed by atoms with van der Waals surface area (Å²) in [6.07, 6.45) is 0.329. The van der Waals surface area contributed by atoms with E-state index in [0.717, 1.165) is 5.39 Å². The molecular formula is C19H16FN3O3. The molecule has 3 aromatic rings. The third kappa shape index (κ3) is 3.84. The minimum atomic E-state index is -1.26. The van der Waals surface area contributed by atoms with E-state index in [-0.39, 0.29) is 12.1 Å². The van der Waals surface area contributed by atoms with Gasteiger partial charge in [0.1, 0.15) is 5.82 Å². The van der Waals surface area contributed by atoms with Crippen LogP contribution in [-0.2, 0) is 9.59 Å². The number of rotatable bonds is 4. The van der Waals surface area contributed by atoms with E-state index < -0.39 is 23.7 Å². The maximum atomic E-state index is 13.6. The SMILES string of the molecule is O=C(NC[C@H](O)c1ccccc1F)C(=O)Nc1cccc2cccnc12. The number of para-hydroxylation sites is 1. The molecule has 6 nitrogen and oxygen atoms in total. The Morgan fingerprint density at radius 1 is 1.04 bits per heavy atom. The number of pyridine rings is 1. The van der Waals surface area contributed by atoms with Gasteiger partial charge in [-0.15, -0.1) is 0 Å². The van der Waals surface area contributed by atoms with Crippen molar-refractivity contribution in [2.75, 3.05) is 11.9 Å². The second-order valence-corrected chi connectivity index (χ2v) is 5.58. The summed E-state index contributed by atoms with van der Waals surface area (Å²) >= 11 is 0. The number of carbonyl (C=O) groups excluding carboxylic acids is 2. The molecule has 0 bridgehead atoms. The molecule has 3 N–H and O–H groups in total. The van der Waals surface area contributed by atoms with Gasteiger partial charge in [-0.05, 0) is 18.2 Å². The van der Waals surface area contributed by atoms with Crippen molar-refractivity contribution in [2.24, 2.45) is 0 Å². The van der Waals surface area contributed by atoms with Crippen LogP contribution >= 0.6 is 0 Å². The Hall–Kier alpha value is -3.32. The van der Waals surface area contributed by atoms with Crippen LogP contribution in [0, 0.1) is 5.82 Å². The van der Waals surface area contributed by atoms with Crippen LogP contribution in [0.1, 0.15) is 11.7 Å². The first-order chi connectivity index (χ1) is 12.6. The number of amides is 2. The first-order valence-corrected chi connectivity index (χ1v) is 7.91. The smallest absolute Gasteiger partial charge is 0.313 e. The number of aliphatic hydroxyl groups excluding tert-OH is 1. The summed E-state index contributed by atoms with van der Waals surface area (Å²) in [7, 11) is 0. The normalized spacial score (nSPS) is 11.8. The van der Waals surface area contributed by atoms with Crippen molar-refractivity contribution < 1.29 is 19.1 Å². The summed E-state index contributed by atoms with van der Waals surface area (Å²) in [5.41, 5.74) is 1.01. The van der Waals surface area contributed by atoms with Crippen LogP contribution in [0.3, 0.4) is 0 Å². The van der Waals surface area contributed by atoms with E-state index in [2.05, 4.69) is 15.6 Å². The van der Waals surface area contributed by atoms with Crippen molar-refractivity contribution in [3.05, 3.63) is 72.2 Å². The second-order valence-electron chi connectivity index (χ2n) is 5.58. The average Bonchev–Trinajstić information content (AvgIpc) is 2.66. The number of fused-ring (bicyclic) bond motifs is 1. The highest BCUT2D eigenvalue weighted by Crippen LogP contribution is 2.20. The average molecular weight is 353 g/mol. The van der Waals surface area contributed by atoms with E-state index >= 15 is 0 Å². The van der Waals surface area contributed by atoms with Crippen molar-refractivity contribution in [3.8, 4) is 0 Å². The van der Waals surface area contributed by atoms with Crippen LogP contribution in [0.2, 0.25) is 0 Å². The zero-order chi connectivity index (χ0) is 18.5. The lowest BCUT2D eigenvalue weighted by Crippen LogP contribution is -2.37. The number of aliphatic hydroxyl groups is 1. The Bertz CT molecular complexity index is 956. The second kappa shape index (κ2) is 7.71. The van der Waals surface area contributed by atoms with E-state index in [9.17, 15) is 19.1 Å². The topological polar surface area (TPSA) is 91.3 Å².